The van der Waals surface area contributed by atoms with Gasteiger partial charge in [0.1, 0.15) is 5.75 Å². The highest BCUT2D eigenvalue weighted by atomic mass is 35.5. The van der Waals surface area contributed by atoms with Crippen LogP contribution >= 0.6 is 11.6 Å². The molecule has 0 aliphatic carbocycles. The number of hydrogen-bond acceptors (Lipinski definition) is 5. The first kappa shape index (κ1) is 15.6. The fourth-order valence-electron chi connectivity index (χ4n) is 2.70. The van der Waals surface area contributed by atoms with Crippen molar-refractivity contribution in [2.75, 3.05) is 6.61 Å². The summed E-state index contributed by atoms with van der Waals surface area (Å²) < 4.78 is 5.65. The average molecular weight is 331 g/mol. The van der Waals surface area contributed by atoms with Gasteiger partial charge in [0.25, 0.3) is 0 Å². The third kappa shape index (κ3) is 3.24. The number of carbonyl (C=O) groups is 2. The predicted molar refractivity (Wildman–Crippen MR) is 85.4 cm³/mol. The van der Waals surface area contributed by atoms with Gasteiger partial charge in [-0.15, -0.1) is 0 Å². The molecule has 118 valence electrons. The van der Waals surface area contributed by atoms with Gasteiger partial charge in [0.15, 0.2) is 11.6 Å². The Morgan fingerprint density at radius 1 is 1.39 bits per heavy atom. The van der Waals surface area contributed by atoms with Crippen molar-refractivity contribution < 1.29 is 14.3 Å². The van der Waals surface area contributed by atoms with E-state index in [1.807, 2.05) is 12.1 Å². The minimum Gasteiger partial charge on any atom is -0.493 e. The molecule has 6 heteroatoms. The molecule has 0 amide bonds. The molecule has 0 bridgehead atoms. The maximum Gasteiger partial charge on any atom is 0.222 e. The topological polar surface area (TPSA) is 69.2 Å². The van der Waals surface area contributed by atoms with Gasteiger partial charge in [-0.3, -0.25) is 9.59 Å². The summed E-state index contributed by atoms with van der Waals surface area (Å²) in [6.45, 7) is 1.98. The standard InChI is InChI=1S/C17H15ClN2O3/c1-10(21)12-9-19-17(18)20-13(12)8-11-4-2-6-15-16(11)14(22)5-3-7-23-15/h2,4,6,9H,3,5,7-8H2,1H3. The zero-order valence-electron chi connectivity index (χ0n) is 12.6. The Kier molecular flexibility index (Phi) is 4.39. The summed E-state index contributed by atoms with van der Waals surface area (Å²) in [5, 5.41) is 0.0783. The van der Waals surface area contributed by atoms with Gasteiger partial charge in [-0.1, -0.05) is 12.1 Å². The van der Waals surface area contributed by atoms with Gasteiger partial charge in [0.2, 0.25) is 5.28 Å². The molecule has 1 aliphatic rings. The zero-order chi connectivity index (χ0) is 16.4. The second kappa shape index (κ2) is 6.46. The minimum atomic E-state index is -0.138. The fraction of sp³-hybridized carbons (Fsp3) is 0.294. The maximum atomic E-state index is 12.4. The van der Waals surface area contributed by atoms with Gasteiger partial charge in [-0.2, -0.15) is 0 Å². The zero-order valence-corrected chi connectivity index (χ0v) is 13.4. The number of fused-ring (bicyclic) bond motifs is 1. The Morgan fingerprint density at radius 3 is 3.00 bits per heavy atom. The summed E-state index contributed by atoms with van der Waals surface area (Å²) in [7, 11) is 0. The Hall–Kier alpha value is -2.27. The molecule has 0 N–H and O–H groups in total. The maximum absolute atomic E-state index is 12.4. The lowest BCUT2D eigenvalue weighted by atomic mass is 9.95. The molecule has 0 saturated carbocycles. The summed E-state index contributed by atoms with van der Waals surface area (Å²) in [5.74, 6) is 0.508. The molecule has 1 aromatic heterocycles. The molecule has 0 atom stereocenters. The van der Waals surface area contributed by atoms with E-state index in [0.29, 0.717) is 48.4 Å². The molecular formula is C17H15ClN2O3. The lowest BCUT2D eigenvalue weighted by Gasteiger charge is -2.12. The first-order valence-corrected chi connectivity index (χ1v) is 7.74. The van der Waals surface area contributed by atoms with Crippen molar-refractivity contribution in [1.82, 2.24) is 9.97 Å². The average Bonchev–Trinajstić information content (AvgIpc) is 2.69. The van der Waals surface area contributed by atoms with E-state index in [1.165, 1.54) is 13.1 Å². The van der Waals surface area contributed by atoms with E-state index in [2.05, 4.69) is 9.97 Å². The van der Waals surface area contributed by atoms with Crippen molar-refractivity contribution in [3.8, 4) is 5.75 Å². The summed E-state index contributed by atoms with van der Waals surface area (Å²) in [6, 6.07) is 5.48. The molecule has 2 heterocycles. The lowest BCUT2D eigenvalue weighted by molar-refractivity contribution is 0.0980. The molecule has 5 nitrogen and oxygen atoms in total. The normalized spacial score (nSPS) is 13.9. The monoisotopic (exact) mass is 330 g/mol. The summed E-state index contributed by atoms with van der Waals surface area (Å²) in [6.07, 6.45) is 2.90. The van der Waals surface area contributed by atoms with E-state index in [-0.39, 0.29) is 16.9 Å². The van der Waals surface area contributed by atoms with Crippen LogP contribution in [0.4, 0.5) is 0 Å². The smallest absolute Gasteiger partial charge is 0.222 e. The molecule has 0 saturated heterocycles. The van der Waals surface area contributed by atoms with Crippen LogP contribution in [0, 0.1) is 0 Å². The molecule has 2 aromatic rings. The Balaban J connectivity index is 2.07. The summed E-state index contributed by atoms with van der Waals surface area (Å²) >= 11 is 5.86. The first-order chi connectivity index (χ1) is 11.1. The van der Waals surface area contributed by atoms with Gasteiger partial charge < -0.3 is 4.74 Å². The highest BCUT2D eigenvalue weighted by Gasteiger charge is 2.22. The van der Waals surface area contributed by atoms with Gasteiger partial charge in [-0.25, -0.2) is 9.97 Å². The van der Waals surface area contributed by atoms with Crippen molar-refractivity contribution >= 4 is 23.2 Å². The van der Waals surface area contributed by atoms with E-state index in [9.17, 15) is 9.59 Å². The number of benzene rings is 1. The highest BCUT2D eigenvalue weighted by molar-refractivity contribution is 6.28. The van der Waals surface area contributed by atoms with Crippen molar-refractivity contribution in [1.29, 1.82) is 0 Å². The van der Waals surface area contributed by atoms with E-state index in [0.717, 1.165) is 5.56 Å². The van der Waals surface area contributed by atoms with Gasteiger partial charge >= 0.3 is 0 Å². The molecule has 1 aromatic carbocycles. The minimum absolute atomic E-state index is 0.0534. The SMILES string of the molecule is CC(=O)c1cnc(Cl)nc1Cc1cccc2c1C(=O)CCCO2. The Morgan fingerprint density at radius 2 is 2.22 bits per heavy atom. The van der Waals surface area contributed by atoms with Gasteiger partial charge in [0, 0.05) is 19.0 Å². The second-order valence-electron chi connectivity index (χ2n) is 5.40. The third-order valence-corrected chi connectivity index (χ3v) is 3.95. The molecule has 3 rings (SSSR count). The van der Waals surface area contributed by atoms with Crippen LogP contribution in [-0.2, 0) is 6.42 Å². The molecule has 0 radical (unpaired) electrons. The van der Waals surface area contributed by atoms with Crippen LogP contribution in [0.1, 0.15) is 51.7 Å². The molecule has 0 unspecified atom stereocenters. The van der Waals surface area contributed by atoms with Crippen LogP contribution in [0.5, 0.6) is 5.75 Å². The van der Waals surface area contributed by atoms with E-state index < -0.39 is 0 Å². The molecular weight excluding hydrogens is 316 g/mol. The number of aromatic nitrogens is 2. The van der Waals surface area contributed by atoms with Crippen LogP contribution in [0.3, 0.4) is 0 Å². The number of carbonyl (C=O) groups excluding carboxylic acids is 2. The largest absolute Gasteiger partial charge is 0.493 e. The highest BCUT2D eigenvalue weighted by Crippen LogP contribution is 2.29. The fourth-order valence-corrected chi connectivity index (χ4v) is 2.85. The number of ether oxygens (including phenoxy) is 1. The van der Waals surface area contributed by atoms with Crippen LogP contribution in [-0.4, -0.2) is 28.1 Å². The van der Waals surface area contributed by atoms with Gasteiger partial charge in [0.05, 0.1) is 23.4 Å². The summed E-state index contributed by atoms with van der Waals surface area (Å²) in [5.41, 5.74) is 2.29. The lowest BCUT2D eigenvalue weighted by Crippen LogP contribution is -2.09. The number of hydrogen-bond donors (Lipinski definition) is 0. The van der Waals surface area contributed by atoms with Crippen molar-refractivity contribution in [2.45, 2.75) is 26.2 Å². The van der Waals surface area contributed by atoms with Crippen LogP contribution in [0.2, 0.25) is 5.28 Å². The van der Waals surface area contributed by atoms with Crippen LogP contribution in [0.15, 0.2) is 24.4 Å². The number of Topliss-reactive ketones (excluding diaryl/α,β-unsaturated/α-hetero) is 2. The van der Waals surface area contributed by atoms with Crippen molar-refractivity contribution in [3.63, 3.8) is 0 Å². The third-order valence-electron chi connectivity index (χ3n) is 3.77. The summed E-state index contributed by atoms with van der Waals surface area (Å²) in [4.78, 5) is 32.2. The van der Waals surface area contributed by atoms with Gasteiger partial charge in [-0.05, 0) is 36.6 Å². The first-order valence-electron chi connectivity index (χ1n) is 7.36. The molecule has 0 spiro atoms. The number of nitrogens with zero attached hydrogens (tertiary/aromatic N) is 2. The number of halogens is 1. The second-order valence-corrected chi connectivity index (χ2v) is 5.74. The Labute approximate surface area is 138 Å². The van der Waals surface area contributed by atoms with Crippen molar-refractivity contribution in [3.05, 3.63) is 52.1 Å². The number of ketones is 2. The van der Waals surface area contributed by atoms with E-state index in [4.69, 9.17) is 16.3 Å². The molecule has 0 fully saturated rings. The van der Waals surface area contributed by atoms with E-state index >= 15 is 0 Å². The number of rotatable bonds is 3. The van der Waals surface area contributed by atoms with Crippen LogP contribution < -0.4 is 4.74 Å². The van der Waals surface area contributed by atoms with Crippen molar-refractivity contribution in [2.24, 2.45) is 0 Å². The molecule has 1 aliphatic heterocycles. The van der Waals surface area contributed by atoms with E-state index in [1.54, 1.807) is 6.07 Å². The predicted octanol–water partition coefficient (Wildman–Crippen LogP) is 3.28. The van der Waals surface area contributed by atoms with Crippen LogP contribution in [0.25, 0.3) is 0 Å². The quantitative estimate of drug-likeness (QED) is 0.638. The molecule has 23 heavy (non-hydrogen) atoms. The Bertz CT molecular complexity index is 789.